The SMILES string of the molecule is CCCCC/C=C/C/C=C/C/C=C/CCCCC(=O)O[C@@H](COC(=O)CCCCCCCCCCCCCCCCCCCCCC)COP(=O)(O)OC1C(O)C(O)C(O)[C@H](O)C1O. The van der Waals surface area contributed by atoms with E-state index in [1.165, 1.54) is 122 Å². The summed E-state index contributed by atoms with van der Waals surface area (Å²) >= 11 is 0. The Bertz CT molecular complexity index is 1260. The van der Waals surface area contributed by atoms with E-state index in [1.54, 1.807) is 0 Å². The summed E-state index contributed by atoms with van der Waals surface area (Å²) in [4.78, 5) is 35.8. The molecule has 6 N–H and O–H groups in total. The fraction of sp³-hybridized carbons (Fsp3) is 0.840. The molecule has 1 fully saturated rings. The van der Waals surface area contributed by atoms with Crippen LogP contribution in [0.3, 0.4) is 0 Å². The van der Waals surface area contributed by atoms with Crippen LogP contribution in [0.5, 0.6) is 0 Å². The zero-order valence-corrected chi connectivity index (χ0v) is 40.7. The fourth-order valence-electron chi connectivity index (χ4n) is 7.65. The van der Waals surface area contributed by atoms with E-state index in [4.69, 9.17) is 18.5 Å². The van der Waals surface area contributed by atoms with Crippen LogP contribution in [0.25, 0.3) is 0 Å². The van der Waals surface area contributed by atoms with Gasteiger partial charge >= 0.3 is 19.8 Å². The van der Waals surface area contributed by atoms with Gasteiger partial charge in [-0.25, -0.2) is 4.57 Å². The lowest BCUT2D eigenvalue weighted by Crippen LogP contribution is -2.64. The highest BCUT2D eigenvalue weighted by Gasteiger charge is 2.51. The number of allylic oxidation sites excluding steroid dienone is 6. The van der Waals surface area contributed by atoms with E-state index in [0.717, 1.165) is 51.4 Å². The molecule has 64 heavy (non-hydrogen) atoms. The van der Waals surface area contributed by atoms with Gasteiger partial charge in [0.1, 0.15) is 43.2 Å². The van der Waals surface area contributed by atoms with E-state index in [1.807, 2.05) is 0 Å². The third-order valence-corrected chi connectivity index (χ3v) is 12.7. The lowest BCUT2D eigenvalue weighted by Gasteiger charge is -2.41. The molecule has 1 saturated carbocycles. The first-order valence-corrected chi connectivity index (χ1v) is 26.8. The Balaban J connectivity index is 2.41. The second kappa shape index (κ2) is 40.2. The maximum Gasteiger partial charge on any atom is 0.472 e. The molecular formula is C50H91O13P. The Hall–Kier alpha value is -1.93. The summed E-state index contributed by atoms with van der Waals surface area (Å²) in [5.41, 5.74) is 0. The van der Waals surface area contributed by atoms with Gasteiger partial charge in [0.15, 0.2) is 6.10 Å². The van der Waals surface area contributed by atoms with Crippen LogP contribution in [0.1, 0.15) is 213 Å². The van der Waals surface area contributed by atoms with Crippen molar-refractivity contribution in [3.8, 4) is 0 Å². The third kappa shape index (κ3) is 31.9. The Morgan fingerprint density at radius 1 is 0.484 bits per heavy atom. The predicted octanol–water partition coefficient (Wildman–Crippen LogP) is 10.6. The third-order valence-electron chi connectivity index (χ3n) is 11.7. The van der Waals surface area contributed by atoms with Gasteiger partial charge in [0.25, 0.3) is 0 Å². The predicted molar refractivity (Wildman–Crippen MR) is 253 cm³/mol. The molecule has 0 saturated heterocycles. The molecule has 0 heterocycles. The number of phosphoric acid groups is 1. The molecule has 374 valence electrons. The minimum Gasteiger partial charge on any atom is -0.462 e. The molecule has 13 nitrogen and oxygen atoms in total. The Morgan fingerprint density at radius 2 is 0.844 bits per heavy atom. The van der Waals surface area contributed by atoms with Crippen molar-refractivity contribution >= 4 is 19.8 Å². The number of carbonyl (C=O) groups is 2. The van der Waals surface area contributed by atoms with Gasteiger partial charge in [0.2, 0.25) is 0 Å². The highest BCUT2D eigenvalue weighted by Crippen LogP contribution is 2.47. The quantitative estimate of drug-likeness (QED) is 0.0146. The first-order chi connectivity index (χ1) is 30.9. The average Bonchev–Trinajstić information content (AvgIpc) is 3.28. The summed E-state index contributed by atoms with van der Waals surface area (Å²) < 4.78 is 33.6. The molecule has 0 aromatic rings. The molecule has 0 amide bonds. The molecule has 1 aliphatic carbocycles. The number of aliphatic hydroxyl groups excluding tert-OH is 5. The van der Waals surface area contributed by atoms with Crippen LogP contribution in [0.2, 0.25) is 0 Å². The highest BCUT2D eigenvalue weighted by atomic mass is 31.2. The number of carbonyl (C=O) groups excluding carboxylic acids is 2. The van der Waals surface area contributed by atoms with Crippen molar-refractivity contribution in [3.05, 3.63) is 36.5 Å². The number of unbranched alkanes of at least 4 members (excludes halogenated alkanes) is 24. The van der Waals surface area contributed by atoms with Crippen molar-refractivity contribution in [1.82, 2.24) is 0 Å². The normalized spacial score (nSPS) is 21.8. The minimum absolute atomic E-state index is 0.0496. The fourth-order valence-corrected chi connectivity index (χ4v) is 8.62. The molecule has 0 radical (unpaired) electrons. The number of aliphatic hydroxyl groups is 5. The van der Waals surface area contributed by atoms with Crippen LogP contribution < -0.4 is 0 Å². The number of rotatable bonds is 42. The van der Waals surface area contributed by atoms with E-state index in [-0.39, 0.29) is 12.8 Å². The van der Waals surface area contributed by atoms with Crippen molar-refractivity contribution in [2.45, 2.75) is 256 Å². The van der Waals surface area contributed by atoms with Crippen molar-refractivity contribution in [2.75, 3.05) is 13.2 Å². The summed E-state index contributed by atoms with van der Waals surface area (Å²) in [5, 5.41) is 50.2. The van der Waals surface area contributed by atoms with Crippen LogP contribution in [0.15, 0.2) is 36.5 Å². The molecule has 0 aliphatic heterocycles. The molecule has 1 aliphatic rings. The summed E-state index contributed by atoms with van der Waals surface area (Å²) in [6.45, 7) is 3.26. The molecule has 0 aromatic heterocycles. The lowest BCUT2D eigenvalue weighted by atomic mass is 9.85. The van der Waals surface area contributed by atoms with Crippen LogP contribution in [-0.4, -0.2) is 98.3 Å². The lowest BCUT2D eigenvalue weighted by molar-refractivity contribution is -0.220. The van der Waals surface area contributed by atoms with Gasteiger partial charge in [-0.05, 0) is 51.4 Å². The van der Waals surface area contributed by atoms with Crippen molar-refractivity contribution in [1.29, 1.82) is 0 Å². The first-order valence-electron chi connectivity index (χ1n) is 25.3. The van der Waals surface area contributed by atoms with E-state index in [9.17, 15) is 44.6 Å². The topological polar surface area (TPSA) is 210 Å². The largest absolute Gasteiger partial charge is 0.472 e. The average molecular weight is 931 g/mol. The Kier molecular flexibility index (Phi) is 37.7. The van der Waals surface area contributed by atoms with Gasteiger partial charge < -0.3 is 39.9 Å². The first kappa shape index (κ1) is 60.1. The molecule has 14 heteroatoms. The Labute approximate surface area is 387 Å². The smallest absolute Gasteiger partial charge is 0.462 e. The zero-order valence-electron chi connectivity index (χ0n) is 39.8. The molecule has 6 unspecified atom stereocenters. The van der Waals surface area contributed by atoms with Gasteiger partial charge in [-0.1, -0.05) is 185 Å². The maximum atomic E-state index is 12.8. The van der Waals surface area contributed by atoms with E-state index < -0.39 is 75.7 Å². The number of hydrogen-bond donors (Lipinski definition) is 6. The molecule has 8 atom stereocenters. The van der Waals surface area contributed by atoms with Crippen LogP contribution in [0, 0.1) is 0 Å². The van der Waals surface area contributed by atoms with E-state index in [0.29, 0.717) is 12.8 Å². The van der Waals surface area contributed by atoms with E-state index >= 15 is 0 Å². The molecule has 0 spiro atoms. The summed E-state index contributed by atoms with van der Waals surface area (Å²) in [5.74, 6) is -1.14. The monoisotopic (exact) mass is 931 g/mol. The van der Waals surface area contributed by atoms with Gasteiger partial charge in [-0.15, -0.1) is 0 Å². The summed E-state index contributed by atoms with van der Waals surface area (Å²) in [6, 6.07) is 0. The molecule has 0 bridgehead atoms. The second-order valence-corrected chi connectivity index (χ2v) is 19.1. The second-order valence-electron chi connectivity index (χ2n) is 17.7. The van der Waals surface area contributed by atoms with Gasteiger partial charge in [-0.3, -0.25) is 18.6 Å². The minimum atomic E-state index is -5.13. The molecule has 0 aromatic carbocycles. The maximum absolute atomic E-state index is 12.8. The number of esters is 2. The van der Waals surface area contributed by atoms with Gasteiger partial charge in [-0.2, -0.15) is 0 Å². The van der Waals surface area contributed by atoms with Crippen molar-refractivity contribution in [3.63, 3.8) is 0 Å². The number of phosphoric ester groups is 1. The van der Waals surface area contributed by atoms with Gasteiger partial charge in [0.05, 0.1) is 6.61 Å². The van der Waals surface area contributed by atoms with Crippen LogP contribution in [-0.2, 0) is 32.7 Å². The highest BCUT2D eigenvalue weighted by molar-refractivity contribution is 7.47. The number of hydrogen-bond acceptors (Lipinski definition) is 12. The van der Waals surface area contributed by atoms with Gasteiger partial charge in [0, 0.05) is 12.8 Å². The van der Waals surface area contributed by atoms with Crippen LogP contribution in [0.4, 0.5) is 0 Å². The van der Waals surface area contributed by atoms with Crippen molar-refractivity contribution < 1.29 is 63.1 Å². The summed E-state index contributed by atoms with van der Waals surface area (Å²) in [6.07, 6.45) is 33.4. The molecular weight excluding hydrogens is 840 g/mol. The molecule has 1 rings (SSSR count). The van der Waals surface area contributed by atoms with E-state index in [2.05, 4.69) is 50.3 Å². The standard InChI is InChI=1S/C50H91O13P/c1-3-5-7-9-11-13-15-17-19-20-21-22-23-25-26-28-30-32-34-36-38-43(51)60-40-42(41-61-64(58,59)63-50-48(56)46(54)45(53)47(55)49(50)57)62-44(52)39-37-35-33-31-29-27-24-18-16-14-12-10-8-6-4-2/h12,14,18,24,29,31,42,45-50,53-57H,3-11,13,15-17,19-23,25-28,30,32-41H2,1-2H3,(H,58,59)/b14-12+,24-18+,31-29+/t42-,45?,46-,47?,48?,49?,50?/m0/s1. The zero-order chi connectivity index (χ0) is 47.1. The summed E-state index contributed by atoms with van der Waals surface area (Å²) in [7, 11) is -5.13. The van der Waals surface area contributed by atoms with Crippen LogP contribution >= 0.6 is 7.82 Å². The Morgan fingerprint density at radius 3 is 1.31 bits per heavy atom. The number of ether oxygens (including phenoxy) is 2. The van der Waals surface area contributed by atoms with Crippen molar-refractivity contribution in [2.24, 2.45) is 0 Å².